The molecule has 0 bridgehead atoms. The van der Waals surface area contributed by atoms with Crippen molar-refractivity contribution in [1.82, 2.24) is 9.80 Å². The standard InChI is InChI=1S/C20H28N2O2/c1-21-10-7-20(19(21)23)8-11-22(12-9-20)17-13-18(14-17)24-15-16-5-3-2-4-6-16/h2-6,17-18H,7-15H2,1H3. The lowest BCUT2D eigenvalue weighted by molar-refractivity contribution is -0.138. The zero-order valence-electron chi connectivity index (χ0n) is 14.6. The smallest absolute Gasteiger partial charge is 0.228 e. The molecule has 1 aromatic rings. The molecule has 0 unspecified atom stereocenters. The number of nitrogens with zero attached hydrogens (tertiary/aromatic N) is 2. The van der Waals surface area contributed by atoms with Gasteiger partial charge in [-0.25, -0.2) is 0 Å². The van der Waals surface area contributed by atoms with Crippen LogP contribution in [-0.4, -0.2) is 54.5 Å². The van der Waals surface area contributed by atoms with E-state index in [2.05, 4.69) is 29.2 Å². The number of likely N-dealkylation sites (tertiary alicyclic amines) is 2. The number of amides is 1. The van der Waals surface area contributed by atoms with Crippen molar-refractivity contribution in [2.24, 2.45) is 5.41 Å². The Balaban J connectivity index is 1.21. The Labute approximate surface area is 144 Å². The summed E-state index contributed by atoms with van der Waals surface area (Å²) in [6.45, 7) is 3.82. The van der Waals surface area contributed by atoms with E-state index in [9.17, 15) is 4.79 Å². The summed E-state index contributed by atoms with van der Waals surface area (Å²) in [7, 11) is 1.95. The minimum atomic E-state index is -0.0296. The van der Waals surface area contributed by atoms with Gasteiger partial charge in [0.1, 0.15) is 0 Å². The largest absolute Gasteiger partial charge is 0.373 e. The van der Waals surface area contributed by atoms with Crippen molar-refractivity contribution in [1.29, 1.82) is 0 Å². The molecule has 130 valence electrons. The predicted molar refractivity (Wildman–Crippen MR) is 93.5 cm³/mol. The first kappa shape index (κ1) is 16.1. The summed E-state index contributed by atoms with van der Waals surface area (Å²) in [6.07, 6.45) is 5.85. The van der Waals surface area contributed by atoms with E-state index in [1.165, 1.54) is 5.56 Å². The van der Waals surface area contributed by atoms with Crippen molar-refractivity contribution >= 4 is 5.91 Å². The molecular formula is C20H28N2O2. The van der Waals surface area contributed by atoms with Crippen LogP contribution in [0.1, 0.15) is 37.7 Å². The van der Waals surface area contributed by atoms with Crippen LogP contribution < -0.4 is 0 Å². The third-order valence-corrected chi connectivity index (χ3v) is 6.40. The number of hydrogen-bond donors (Lipinski definition) is 0. The van der Waals surface area contributed by atoms with Gasteiger partial charge in [-0.15, -0.1) is 0 Å². The molecule has 0 atom stereocenters. The lowest BCUT2D eigenvalue weighted by atomic mass is 9.75. The topological polar surface area (TPSA) is 32.8 Å². The fourth-order valence-corrected chi connectivity index (χ4v) is 4.54. The lowest BCUT2D eigenvalue weighted by Gasteiger charge is -2.47. The molecule has 2 saturated heterocycles. The number of ether oxygens (including phenoxy) is 1. The van der Waals surface area contributed by atoms with Gasteiger partial charge in [0.05, 0.1) is 18.1 Å². The van der Waals surface area contributed by atoms with Gasteiger partial charge in [0.2, 0.25) is 5.91 Å². The van der Waals surface area contributed by atoms with Crippen LogP contribution in [0.5, 0.6) is 0 Å². The van der Waals surface area contributed by atoms with Gasteiger partial charge in [-0.2, -0.15) is 0 Å². The van der Waals surface area contributed by atoms with Crippen LogP contribution in [0.2, 0.25) is 0 Å². The van der Waals surface area contributed by atoms with Crippen LogP contribution in [0.15, 0.2) is 30.3 Å². The Morgan fingerprint density at radius 3 is 2.38 bits per heavy atom. The minimum Gasteiger partial charge on any atom is -0.373 e. The molecule has 1 aliphatic carbocycles. The minimum absolute atomic E-state index is 0.0296. The van der Waals surface area contributed by atoms with Gasteiger partial charge in [-0.05, 0) is 50.8 Å². The highest BCUT2D eigenvalue weighted by Crippen LogP contribution is 2.43. The SMILES string of the molecule is CN1CCC2(CCN(C3CC(OCc4ccccc4)C3)CC2)C1=O. The molecule has 2 aliphatic heterocycles. The Kier molecular flexibility index (Phi) is 4.35. The second-order valence-electron chi connectivity index (χ2n) is 7.84. The van der Waals surface area contributed by atoms with E-state index >= 15 is 0 Å². The normalized spacial score (nSPS) is 29.9. The molecule has 4 heteroatoms. The maximum absolute atomic E-state index is 12.4. The first-order chi connectivity index (χ1) is 11.7. The molecule has 2 heterocycles. The van der Waals surface area contributed by atoms with Crippen molar-refractivity contribution in [3.05, 3.63) is 35.9 Å². The Morgan fingerprint density at radius 2 is 1.75 bits per heavy atom. The second kappa shape index (κ2) is 6.49. The van der Waals surface area contributed by atoms with E-state index in [0.29, 0.717) is 18.1 Å². The molecule has 0 radical (unpaired) electrons. The summed E-state index contributed by atoms with van der Waals surface area (Å²) >= 11 is 0. The summed E-state index contributed by atoms with van der Waals surface area (Å²) in [5.41, 5.74) is 1.22. The molecule has 3 fully saturated rings. The molecule has 4 nitrogen and oxygen atoms in total. The number of rotatable bonds is 4. The van der Waals surface area contributed by atoms with Gasteiger partial charge >= 0.3 is 0 Å². The van der Waals surface area contributed by atoms with Gasteiger partial charge in [0.25, 0.3) is 0 Å². The maximum atomic E-state index is 12.4. The third kappa shape index (κ3) is 2.98. The van der Waals surface area contributed by atoms with Crippen LogP contribution in [0.3, 0.4) is 0 Å². The Morgan fingerprint density at radius 1 is 1.08 bits per heavy atom. The molecule has 1 spiro atoms. The van der Waals surface area contributed by atoms with Gasteiger partial charge in [0, 0.05) is 19.6 Å². The average Bonchev–Trinajstić information content (AvgIpc) is 2.85. The number of benzene rings is 1. The van der Waals surface area contributed by atoms with E-state index in [1.54, 1.807) is 0 Å². The van der Waals surface area contributed by atoms with Crippen LogP contribution in [0.25, 0.3) is 0 Å². The molecular weight excluding hydrogens is 300 g/mol. The molecule has 3 aliphatic rings. The lowest BCUT2D eigenvalue weighted by Crippen LogP contribution is -2.53. The second-order valence-corrected chi connectivity index (χ2v) is 7.84. The molecule has 0 N–H and O–H groups in total. The van der Waals surface area contributed by atoms with E-state index in [0.717, 1.165) is 58.3 Å². The molecule has 0 aromatic heterocycles. The molecule has 4 rings (SSSR count). The first-order valence-corrected chi connectivity index (χ1v) is 9.31. The van der Waals surface area contributed by atoms with Crippen LogP contribution >= 0.6 is 0 Å². The number of piperidine rings is 1. The highest BCUT2D eigenvalue weighted by Gasteiger charge is 2.48. The van der Waals surface area contributed by atoms with Crippen molar-refractivity contribution in [2.75, 3.05) is 26.7 Å². The van der Waals surface area contributed by atoms with E-state index < -0.39 is 0 Å². The average molecular weight is 328 g/mol. The third-order valence-electron chi connectivity index (χ3n) is 6.40. The number of hydrogen-bond acceptors (Lipinski definition) is 3. The Hall–Kier alpha value is -1.39. The van der Waals surface area contributed by atoms with Gasteiger partial charge in [0.15, 0.2) is 0 Å². The van der Waals surface area contributed by atoms with Gasteiger partial charge in [-0.1, -0.05) is 30.3 Å². The van der Waals surface area contributed by atoms with E-state index in [1.807, 2.05) is 18.0 Å². The van der Waals surface area contributed by atoms with Crippen LogP contribution in [0.4, 0.5) is 0 Å². The van der Waals surface area contributed by atoms with Crippen LogP contribution in [0, 0.1) is 5.41 Å². The predicted octanol–water partition coefficient (Wildman–Crippen LogP) is 2.68. The molecule has 1 amide bonds. The summed E-state index contributed by atoms with van der Waals surface area (Å²) in [5, 5.41) is 0. The number of carbonyl (C=O) groups excluding carboxylic acids is 1. The first-order valence-electron chi connectivity index (χ1n) is 9.31. The highest BCUT2D eigenvalue weighted by molar-refractivity contribution is 5.84. The summed E-state index contributed by atoms with van der Waals surface area (Å²) < 4.78 is 6.02. The van der Waals surface area contributed by atoms with E-state index in [4.69, 9.17) is 4.74 Å². The number of carbonyl (C=O) groups is 1. The van der Waals surface area contributed by atoms with Crippen molar-refractivity contribution < 1.29 is 9.53 Å². The molecule has 1 saturated carbocycles. The van der Waals surface area contributed by atoms with Gasteiger partial charge in [-0.3, -0.25) is 4.79 Å². The summed E-state index contributed by atoms with van der Waals surface area (Å²) in [4.78, 5) is 16.9. The monoisotopic (exact) mass is 328 g/mol. The molecule has 1 aromatic carbocycles. The van der Waals surface area contributed by atoms with E-state index in [-0.39, 0.29) is 5.41 Å². The van der Waals surface area contributed by atoms with Gasteiger partial charge < -0.3 is 14.5 Å². The zero-order chi connectivity index (χ0) is 16.6. The molecule has 24 heavy (non-hydrogen) atoms. The quantitative estimate of drug-likeness (QED) is 0.852. The Bertz CT molecular complexity index is 575. The van der Waals surface area contributed by atoms with Crippen LogP contribution in [-0.2, 0) is 16.1 Å². The maximum Gasteiger partial charge on any atom is 0.228 e. The highest BCUT2D eigenvalue weighted by atomic mass is 16.5. The van der Waals surface area contributed by atoms with Crippen molar-refractivity contribution in [3.63, 3.8) is 0 Å². The fourth-order valence-electron chi connectivity index (χ4n) is 4.54. The fraction of sp³-hybridized carbons (Fsp3) is 0.650. The summed E-state index contributed by atoms with van der Waals surface area (Å²) in [5.74, 6) is 0.389. The summed E-state index contributed by atoms with van der Waals surface area (Å²) in [6, 6.07) is 11.1. The van der Waals surface area contributed by atoms with Crippen molar-refractivity contribution in [3.8, 4) is 0 Å². The van der Waals surface area contributed by atoms with Crippen molar-refractivity contribution in [2.45, 2.75) is 50.9 Å². The zero-order valence-corrected chi connectivity index (χ0v) is 14.6.